The first-order valence-corrected chi connectivity index (χ1v) is 22.6. The molecule has 0 atom stereocenters. The molecule has 3 nitrogen and oxygen atoms in total. The largest absolute Gasteiger partial charge is 0.551 e. The molecule has 37 heavy (non-hydrogen) atoms. The minimum atomic E-state index is -7.58. The van der Waals surface area contributed by atoms with E-state index in [9.17, 15) is 39.5 Å². The minimum Gasteiger partial charge on any atom is -0.413 e. The number of rotatable bonds is 13. The summed E-state index contributed by atoms with van der Waals surface area (Å²) in [4.78, 5) is 0. The molecule has 0 radical (unpaired) electrons. The van der Waals surface area contributed by atoms with Crippen LogP contribution in [0.25, 0.3) is 0 Å². The van der Waals surface area contributed by atoms with E-state index >= 15 is 17.6 Å². The number of hydrogen-bond acceptors (Lipinski definition) is 3. The van der Waals surface area contributed by atoms with Crippen LogP contribution in [-0.2, 0) is 12.3 Å². The van der Waals surface area contributed by atoms with Crippen molar-refractivity contribution in [2.24, 2.45) is 0 Å². The summed E-state index contributed by atoms with van der Waals surface area (Å²) in [5.41, 5.74) is -6.42. The van der Waals surface area contributed by atoms with Gasteiger partial charge in [0.05, 0.1) is 0 Å². The van der Waals surface area contributed by atoms with Gasteiger partial charge in [0, 0.05) is 12.8 Å². The Bertz CT molecular complexity index is 744. The van der Waals surface area contributed by atoms with Crippen molar-refractivity contribution in [3.05, 3.63) is 0 Å². The van der Waals surface area contributed by atoms with Crippen molar-refractivity contribution in [1.82, 2.24) is 0 Å². The lowest BCUT2D eigenvalue weighted by atomic mass is 9.95. The fraction of sp³-hybridized carbons (Fsp3) is 1.00. The lowest BCUT2D eigenvalue weighted by Crippen LogP contribution is -2.79. The van der Waals surface area contributed by atoms with Crippen LogP contribution in [-0.4, -0.2) is 69.2 Å². The van der Waals surface area contributed by atoms with E-state index < -0.39 is 82.0 Å². The van der Waals surface area contributed by atoms with Gasteiger partial charge in [-0.15, -0.1) is 0 Å². The van der Waals surface area contributed by atoms with Gasteiger partial charge >= 0.3 is 44.2 Å². The minimum absolute atomic E-state index is 1.15. The Hall–Kier alpha value is -0.162. The number of alkyl halides is 13. The van der Waals surface area contributed by atoms with Crippen LogP contribution in [0.2, 0.25) is 58.9 Å². The van der Waals surface area contributed by atoms with Gasteiger partial charge < -0.3 is 12.3 Å². The fourth-order valence-corrected chi connectivity index (χ4v) is 16.1. The van der Waals surface area contributed by atoms with Crippen LogP contribution in [0, 0.1) is 0 Å². The molecule has 224 valence electrons. The molecule has 0 heterocycles. The van der Waals surface area contributed by atoms with E-state index in [-0.39, 0.29) is 0 Å². The summed E-state index contributed by atoms with van der Waals surface area (Å²) < 4.78 is 199. The molecule has 0 spiro atoms. The standard InChI is InChI=1S/C17H31F13O3Si4/c1-34(2,3)31-37(32-35(4,5)6,33-36(7,8)9)17(29,30)16(27,28)15(25,26)14(23,24)12(18,19)10-11-13(20,21)22/h10-11H2,1-9H3. The average Bonchev–Trinajstić information content (AvgIpc) is 2.53. The smallest absolute Gasteiger partial charge is 0.413 e. The van der Waals surface area contributed by atoms with E-state index in [0.717, 1.165) is 58.9 Å². The van der Waals surface area contributed by atoms with Gasteiger partial charge in [-0.05, 0) is 58.9 Å². The zero-order valence-corrected chi connectivity index (χ0v) is 25.6. The zero-order chi connectivity index (χ0) is 30.5. The summed E-state index contributed by atoms with van der Waals surface area (Å²) in [5.74, 6) is -28.7. The van der Waals surface area contributed by atoms with Crippen LogP contribution in [0.15, 0.2) is 0 Å². The van der Waals surface area contributed by atoms with Crippen molar-refractivity contribution in [2.75, 3.05) is 0 Å². The van der Waals surface area contributed by atoms with Gasteiger partial charge in [-0.1, -0.05) is 0 Å². The van der Waals surface area contributed by atoms with Crippen LogP contribution in [0.3, 0.4) is 0 Å². The molecule has 0 aromatic heterocycles. The van der Waals surface area contributed by atoms with E-state index in [1.165, 1.54) is 0 Å². The molecule has 0 aliphatic carbocycles. The molecule has 0 aliphatic rings. The zero-order valence-electron chi connectivity index (χ0n) is 21.6. The Morgan fingerprint density at radius 3 is 0.973 bits per heavy atom. The van der Waals surface area contributed by atoms with Crippen LogP contribution < -0.4 is 0 Å². The van der Waals surface area contributed by atoms with E-state index in [4.69, 9.17) is 12.3 Å². The van der Waals surface area contributed by atoms with Gasteiger partial charge in [0.1, 0.15) is 0 Å². The molecule has 0 aromatic rings. The van der Waals surface area contributed by atoms with Crippen LogP contribution >= 0.6 is 0 Å². The molecule has 0 unspecified atom stereocenters. The van der Waals surface area contributed by atoms with Crippen LogP contribution in [0.4, 0.5) is 57.1 Å². The third-order valence-corrected chi connectivity index (χ3v) is 15.7. The second-order valence-corrected chi connectivity index (χ2v) is 28.2. The monoisotopic (exact) mass is 642 g/mol. The molecule has 0 bridgehead atoms. The van der Waals surface area contributed by atoms with Crippen molar-refractivity contribution < 1.29 is 69.4 Å². The first kappa shape index (κ1) is 36.8. The molecule has 0 rings (SSSR count). The van der Waals surface area contributed by atoms with Gasteiger partial charge in [0.15, 0.2) is 25.0 Å². The maximum absolute atomic E-state index is 15.7. The van der Waals surface area contributed by atoms with Gasteiger partial charge in [-0.2, -0.15) is 57.1 Å². The maximum Gasteiger partial charge on any atom is 0.551 e. The summed E-state index contributed by atoms with van der Waals surface area (Å²) in [6, 6.07) is 0. The van der Waals surface area contributed by atoms with E-state index in [2.05, 4.69) is 0 Å². The molecule has 0 saturated carbocycles. The Morgan fingerprint density at radius 2 is 0.730 bits per heavy atom. The highest BCUT2D eigenvalue weighted by Crippen LogP contribution is 2.60. The maximum atomic E-state index is 15.7. The van der Waals surface area contributed by atoms with Crippen molar-refractivity contribution in [3.8, 4) is 0 Å². The van der Waals surface area contributed by atoms with Crippen molar-refractivity contribution in [2.45, 2.75) is 107 Å². The highest BCUT2D eigenvalue weighted by Gasteiger charge is 2.92. The Labute approximate surface area is 210 Å². The predicted octanol–water partition coefficient (Wildman–Crippen LogP) is 8.54. The summed E-state index contributed by atoms with van der Waals surface area (Å²) in [6.07, 6.45) is -11.4. The third kappa shape index (κ3) is 8.41. The average molecular weight is 643 g/mol. The second-order valence-electron chi connectivity index (χ2n) is 11.3. The molecule has 0 N–H and O–H groups in total. The molecular formula is C17H31F13O3Si4. The highest BCUT2D eigenvalue weighted by molar-refractivity contribution is 6.91. The Kier molecular flexibility index (Phi) is 10.3. The van der Waals surface area contributed by atoms with Crippen LogP contribution in [0.5, 0.6) is 0 Å². The first-order valence-electron chi connectivity index (χ1n) is 10.6. The van der Waals surface area contributed by atoms with Crippen molar-refractivity contribution in [1.29, 1.82) is 0 Å². The van der Waals surface area contributed by atoms with Crippen molar-refractivity contribution >= 4 is 33.8 Å². The topological polar surface area (TPSA) is 27.7 Å². The van der Waals surface area contributed by atoms with E-state index in [1.807, 2.05) is 0 Å². The Morgan fingerprint density at radius 1 is 0.432 bits per heavy atom. The lowest BCUT2D eigenvalue weighted by molar-refractivity contribution is -0.396. The molecule has 0 aromatic carbocycles. The summed E-state index contributed by atoms with van der Waals surface area (Å²) in [7, 11) is -17.1. The summed E-state index contributed by atoms with van der Waals surface area (Å²) >= 11 is 0. The quantitative estimate of drug-likeness (QED) is 0.149. The van der Waals surface area contributed by atoms with E-state index in [0.29, 0.717) is 0 Å². The molecular weight excluding hydrogens is 612 g/mol. The Balaban J connectivity index is 7.21. The predicted molar refractivity (Wildman–Crippen MR) is 119 cm³/mol. The van der Waals surface area contributed by atoms with E-state index in [1.54, 1.807) is 0 Å². The lowest BCUT2D eigenvalue weighted by Gasteiger charge is -2.49. The number of hydrogen-bond donors (Lipinski definition) is 0. The highest BCUT2D eigenvalue weighted by atomic mass is 28.5. The number of halogens is 13. The molecule has 0 amide bonds. The van der Waals surface area contributed by atoms with Gasteiger partial charge in [0.2, 0.25) is 0 Å². The second kappa shape index (κ2) is 10.3. The third-order valence-electron chi connectivity index (χ3n) is 4.07. The van der Waals surface area contributed by atoms with Crippen LogP contribution in [0.1, 0.15) is 12.8 Å². The van der Waals surface area contributed by atoms with Crippen molar-refractivity contribution in [3.63, 3.8) is 0 Å². The summed E-state index contributed by atoms with van der Waals surface area (Å²) in [6.45, 7) is 10.4. The van der Waals surface area contributed by atoms with Gasteiger partial charge in [-0.3, -0.25) is 0 Å². The van der Waals surface area contributed by atoms with Gasteiger partial charge in [-0.25, -0.2) is 0 Å². The van der Waals surface area contributed by atoms with Gasteiger partial charge in [0.25, 0.3) is 0 Å². The molecule has 0 saturated heterocycles. The SMILES string of the molecule is C[Si](C)(C)O[Si](O[Si](C)(C)C)(O[Si](C)(C)C)C(F)(F)C(F)(F)C(F)(F)C(F)(F)C(F)(F)CCC(F)(F)F. The summed E-state index contributed by atoms with van der Waals surface area (Å²) in [5, 5.41) is 0. The first-order chi connectivity index (χ1) is 15.6. The fourth-order valence-electron chi connectivity index (χ4n) is 2.74. The molecule has 0 aliphatic heterocycles. The molecule has 20 heteroatoms. The molecule has 0 fully saturated rings. The normalized spacial score (nSPS) is 16.4.